The molecular formula is C15H12FN3. The fourth-order valence-corrected chi connectivity index (χ4v) is 2.00. The maximum Gasteiger partial charge on any atom is 0.141 e. The van der Waals surface area contributed by atoms with Gasteiger partial charge in [-0.3, -0.25) is 4.57 Å². The number of hydrogen-bond donors (Lipinski definition) is 0. The summed E-state index contributed by atoms with van der Waals surface area (Å²) in [6.07, 6.45) is 2.06. The van der Waals surface area contributed by atoms with E-state index in [1.54, 1.807) is 18.5 Å². The van der Waals surface area contributed by atoms with E-state index in [-0.39, 0.29) is 5.82 Å². The van der Waals surface area contributed by atoms with Gasteiger partial charge in [0.1, 0.15) is 18.0 Å². The molecule has 2 aromatic carbocycles. The minimum atomic E-state index is -0.217. The van der Waals surface area contributed by atoms with E-state index in [1.807, 2.05) is 41.0 Å². The number of aromatic nitrogens is 3. The van der Waals surface area contributed by atoms with Crippen molar-refractivity contribution in [3.63, 3.8) is 0 Å². The number of para-hydroxylation sites is 1. The van der Waals surface area contributed by atoms with Crippen molar-refractivity contribution in [3.05, 3.63) is 78.1 Å². The highest BCUT2D eigenvalue weighted by Crippen LogP contribution is 2.14. The Morgan fingerprint density at radius 1 is 0.947 bits per heavy atom. The monoisotopic (exact) mass is 253 g/mol. The molecule has 3 rings (SSSR count). The third-order valence-electron chi connectivity index (χ3n) is 2.96. The van der Waals surface area contributed by atoms with Gasteiger partial charge in [0.05, 0.1) is 0 Å². The Bertz CT molecular complexity index is 677. The Morgan fingerprint density at radius 2 is 1.68 bits per heavy atom. The van der Waals surface area contributed by atoms with Gasteiger partial charge >= 0.3 is 0 Å². The lowest BCUT2D eigenvalue weighted by molar-refractivity contribution is 0.611. The maximum absolute atomic E-state index is 13.7. The van der Waals surface area contributed by atoms with Gasteiger partial charge in [0, 0.05) is 12.1 Å². The van der Waals surface area contributed by atoms with Crippen LogP contribution in [-0.2, 0) is 6.42 Å². The van der Waals surface area contributed by atoms with Crippen molar-refractivity contribution in [1.82, 2.24) is 14.8 Å². The molecule has 0 saturated heterocycles. The molecule has 3 aromatic rings. The lowest BCUT2D eigenvalue weighted by Gasteiger charge is -2.06. The van der Waals surface area contributed by atoms with Gasteiger partial charge in [-0.05, 0) is 23.8 Å². The van der Waals surface area contributed by atoms with Gasteiger partial charge in [-0.2, -0.15) is 0 Å². The van der Waals surface area contributed by atoms with Crippen LogP contribution in [0.15, 0.2) is 60.9 Å². The standard InChI is InChI=1S/C15H12FN3/c16-14-9-5-4-6-12(14)10-15-18-17-11-19(15)13-7-2-1-3-8-13/h1-9,11H,10H2. The lowest BCUT2D eigenvalue weighted by atomic mass is 10.1. The smallest absolute Gasteiger partial charge is 0.141 e. The first-order chi connectivity index (χ1) is 9.34. The van der Waals surface area contributed by atoms with Gasteiger partial charge in [-0.1, -0.05) is 36.4 Å². The molecule has 0 atom stereocenters. The summed E-state index contributed by atoms with van der Waals surface area (Å²) in [7, 11) is 0. The Morgan fingerprint density at radius 3 is 2.47 bits per heavy atom. The molecule has 0 radical (unpaired) electrons. The number of hydrogen-bond acceptors (Lipinski definition) is 2. The molecule has 1 aromatic heterocycles. The van der Waals surface area contributed by atoms with E-state index < -0.39 is 0 Å². The maximum atomic E-state index is 13.7. The predicted octanol–water partition coefficient (Wildman–Crippen LogP) is 3.00. The van der Waals surface area contributed by atoms with E-state index in [0.29, 0.717) is 12.0 Å². The molecule has 0 N–H and O–H groups in total. The van der Waals surface area contributed by atoms with Crippen molar-refractivity contribution in [3.8, 4) is 5.69 Å². The zero-order chi connectivity index (χ0) is 13.1. The Balaban J connectivity index is 1.96. The number of halogens is 1. The van der Waals surface area contributed by atoms with E-state index in [9.17, 15) is 4.39 Å². The van der Waals surface area contributed by atoms with E-state index in [1.165, 1.54) is 6.07 Å². The third kappa shape index (κ3) is 2.38. The van der Waals surface area contributed by atoms with Crippen LogP contribution in [0, 0.1) is 5.82 Å². The highest BCUT2D eigenvalue weighted by Gasteiger charge is 2.09. The third-order valence-corrected chi connectivity index (χ3v) is 2.96. The average Bonchev–Trinajstić information content (AvgIpc) is 2.91. The normalized spacial score (nSPS) is 10.6. The average molecular weight is 253 g/mol. The van der Waals surface area contributed by atoms with Crippen LogP contribution in [0.1, 0.15) is 11.4 Å². The van der Waals surface area contributed by atoms with Gasteiger partial charge in [0.2, 0.25) is 0 Å². The molecule has 0 aliphatic rings. The largest absolute Gasteiger partial charge is 0.285 e. The molecular weight excluding hydrogens is 241 g/mol. The second-order valence-electron chi connectivity index (χ2n) is 4.22. The molecule has 1 heterocycles. The first-order valence-electron chi connectivity index (χ1n) is 6.02. The number of benzene rings is 2. The molecule has 0 bridgehead atoms. The van der Waals surface area contributed by atoms with Gasteiger partial charge in [-0.15, -0.1) is 10.2 Å². The summed E-state index contributed by atoms with van der Waals surface area (Å²) < 4.78 is 15.5. The Labute approximate surface area is 110 Å². The van der Waals surface area contributed by atoms with E-state index in [4.69, 9.17) is 0 Å². The van der Waals surface area contributed by atoms with Crippen LogP contribution in [0.5, 0.6) is 0 Å². The molecule has 0 aliphatic carbocycles. The summed E-state index contributed by atoms with van der Waals surface area (Å²) in [6.45, 7) is 0. The second-order valence-corrected chi connectivity index (χ2v) is 4.22. The van der Waals surface area contributed by atoms with Gasteiger partial charge < -0.3 is 0 Å². The molecule has 0 aliphatic heterocycles. The van der Waals surface area contributed by atoms with Crippen LogP contribution in [-0.4, -0.2) is 14.8 Å². The molecule has 0 fully saturated rings. The van der Waals surface area contributed by atoms with Crippen LogP contribution in [0.2, 0.25) is 0 Å². The van der Waals surface area contributed by atoms with Crippen molar-refractivity contribution >= 4 is 0 Å². The van der Waals surface area contributed by atoms with Gasteiger partial charge in [-0.25, -0.2) is 4.39 Å². The van der Waals surface area contributed by atoms with Crippen molar-refractivity contribution in [2.45, 2.75) is 6.42 Å². The van der Waals surface area contributed by atoms with Gasteiger partial charge in [0.25, 0.3) is 0 Å². The molecule has 94 valence electrons. The van der Waals surface area contributed by atoms with Crippen LogP contribution in [0.25, 0.3) is 5.69 Å². The van der Waals surface area contributed by atoms with Crippen LogP contribution in [0.4, 0.5) is 4.39 Å². The van der Waals surface area contributed by atoms with E-state index >= 15 is 0 Å². The fourth-order valence-electron chi connectivity index (χ4n) is 2.00. The highest BCUT2D eigenvalue weighted by molar-refractivity contribution is 5.33. The quantitative estimate of drug-likeness (QED) is 0.718. The first kappa shape index (κ1) is 11.6. The SMILES string of the molecule is Fc1ccccc1Cc1nncn1-c1ccccc1. The Hall–Kier alpha value is -2.49. The second kappa shape index (κ2) is 5.02. The number of nitrogens with zero attached hydrogens (tertiary/aromatic N) is 3. The summed E-state index contributed by atoms with van der Waals surface area (Å²) in [5.41, 5.74) is 1.59. The van der Waals surface area contributed by atoms with Crippen LogP contribution >= 0.6 is 0 Å². The summed E-state index contributed by atoms with van der Waals surface area (Å²) >= 11 is 0. The van der Waals surface area contributed by atoms with E-state index in [0.717, 1.165) is 11.5 Å². The predicted molar refractivity (Wildman–Crippen MR) is 70.6 cm³/mol. The van der Waals surface area contributed by atoms with Crippen molar-refractivity contribution in [1.29, 1.82) is 0 Å². The summed E-state index contributed by atoms with van der Waals surface area (Å²) in [5, 5.41) is 7.99. The highest BCUT2D eigenvalue weighted by atomic mass is 19.1. The summed E-state index contributed by atoms with van der Waals surface area (Å²) in [5.74, 6) is 0.501. The minimum Gasteiger partial charge on any atom is -0.285 e. The minimum absolute atomic E-state index is 0.217. The molecule has 19 heavy (non-hydrogen) atoms. The lowest BCUT2D eigenvalue weighted by Crippen LogP contribution is -2.02. The van der Waals surface area contributed by atoms with E-state index in [2.05, 4.69) is 10.2 Å². The summed E-state index contributed by atoms with van der Waals surface area (Å²) in [6, 6.07) is 16.5. The van der Waals surface area contributed by atoms with Crippen molar-refractivity contribution in [2.24, 2.45) is 0 Å². The zero-order valence-electron chi connectivity index (χ0n) is 10.2. The van der Waals surface area contributed by atoms with Crippen molar-refractivity contribution in [2.75, 3.05) is 0 Å². The van der Waals surface area contributed by atoms with Crippen molar-refractivity contribution < 1.29 is 4.39 Å². The zero-order valence-corrected chi connectivity index (χ0v) is 10.2. The fraction of sp³-hybridized carbons (Fsp3) is 0.0667. The molecule has 0 unspecified atom stereocenters. The first-order valence-corrected chi connectivity index (χ1v) is 6.02. The van der Waals surface area contributed by atoms with Crippen LogP contribution < -0.4 is 0 Å². The van der Waals surface area contributed by atoms with Gasteiger partial charge in [0.15, 0.2) is 0 Å². The topological polar surface area (TPSA) is 30.7 Å². The molecule has 4 heteroatoms. The summed E-state index contributed by atoms with van der Waals surface area (Å²) in [4.78, 5) is 0. The molecule has 0 saturated carbocycles. The number of rotatable bonds is 3. The van der Waals surface area contributed by atoms with Crippen LogP contribution in [0.3, 0.4) is 0 Å². The molecule has 3 nitrogen and oxygen atoms in total. The Kier molecular flexibility index (Phi) is 3.06. The molecule has 0 amide bonds. The molecule has 0 spiro atoms.